The molecule has 0 bridgehead atoms. The second-order valence-electron chi connectivity index (χ2n) is 6.92. The minimum atomic E-state index is -0.216. The molecule has 0 fully saturated rings. The van der Waals surface area contributed by atoms with E-state index in [4.69, 9.17) is 23.2 Å². The van der Waals surface area contributed by atoms with Crippen LogP contribution in [0, 0.1) is 6.92 Å². The zero-order valence-electron chi connectivity index (χ0n) is 16.2. The minimum absolute atomic E-state index is 0.216. The summed E-state index contributed by atoms with van der Waals surface area (Å²) in [5.74, 6) is 0.270. The van der Waals surface area contributed by atoms with E-state index in [0.717, 1.165) is 16.8 Å². The molecule has 2 aromatic carbocycles. The Labute approximate surface area is 184 Å². The number of rotatable bonds is 6. The van der Waals surface area contributed by atoms with Gasteiger partial charge in [-0.15, -0.1) is 0 Å². The molecule has 6 nitrogen and oxygen atoms in total. The van der Waals surface area contributed by atoms with Gasteiger partial charge in [0, 0.05) is 39.8 Å². The largest absolute Gasteiger partial charge is 0.305 e. The van der Waals surface area contributed by atoms with Crippen LogP contribution in [0.3, 0.4) is 0 Å². The number of nitrogens with zero attached hydrogens (tertiary/aromatic N) is 4. The summed E-state index contributed by atoms with van der Waals surface area (Å²) in [6.45, 7) is 3.01. The molecular formula is C22H19Cl2N5O. The summed E-state index contributed by atoms with van der Waals surface area (Å²) in [4.78, 5) is 12.7. The van der Waals surface area contributed by atoms with E-state index in [1.807, 2.05) is 54.2 Å². The maximum Gasteiger partial charge on any atom is 0.256 e. The molecular weight excluding hydrogens is 421 g/mol. The second-order valence-corrected chi connectivity index (χ2v) is 7.77. The Balaban J connectivity index is 1.47. The van der Waals surface area contributed by atoms with Crippen LogP contribution < -0.4 is 5.32 Å². The highest BCUT2D eigenvalue weighted by molar-refractivity contribution is 6.35. The molecule has 1 N–H and O–H groups in total. The van der Waals surface area contributed by atoms with Gasteiger partial charge in [-0.3, -0.25) is 14.2 Å². The van der Waals surface area contributed by atoms with Crippen molar-refractivity contribution >= 4 is 34.9 Å². The highest BCUT2D eigenvalue weighted by Crippen LogP contribution is 2.22. The van der Waals surface area contributed by atoms with Crippen molar-refractivity contribution in [3.05, 3.63) is 99.4 Å². The summed E-state index contributed by atoms with van der Waals surface area (Å²) in [5.41, 5.74) is 3.36. The molecule has 0 radical (unpaired) electrons. The van der Waals surface area contributed by atoms with Gasteiger partial charge in [0.15, 0.2) is 5.82 Å². The molecule has 152 valence electrons. The Kier molecular flexibility index (Phi) is 5.88. The molecule has 0 unspecified atom stereocenters. The van der Waals surface area contributed by atoms with Crippen molar-refractivity contribution in [1.29, 1.82) is 0 Å². The minimum Gasteiger partial charge on any atom is -0.305 e. The monoisotopic (exact) mass is 439 g/mol. The predicted octanol–water partition coefficient (Wildman–Crippen LogP) is 5.04. The van der Waals surface area contributed by atoms with Gasteiger partial charge in [0.1, 0.15) is 0 Å². The van der Waals surface area contributed by atoms with E-state index in [1.54, 1.807) is 29.1 Å². The standard InChI is InChI=1S/C22H19Cl2N5O/c1-15-10-21(27-29(15)14-18-6-7-19(23)12-20(18)24)26-22(30)17-5-2-4-16(11-17)13-28-9-3-8-25-28/h2-12H,13-14H2,1H3,(H,26,27,30). The summed E-state index contributed by atoms with van der Waals surface area (Å²) in [6.07, 6.45) is 3.61. The van der Waals surface area contributed by atoms with Crippen LogP contribution in [0.2, 0.25) is 10.0 Å². The molecule has 0 saturated carbocycles. The molecule has 30 heavy (non-hydrogen) atoms. The predicted molar refractivity (Wildman–Crippen MR) is 118 cm³/mol. The number of carbonyl (C=O) groups is 1. The van der Waals surface area contributed by atoms with Crippen molar-refractivity contribution in [3.63, 3.8) is 0 Å². The quantitative estimate of drug-likeness (QED) is 0.457. The molecule has 8 heteroatoms. The van der Waals surface area contributed by atoms with Gasteiger partial charge in [0.05, 0.1) is 13.1 Å². The van der Waals surface area contributed by atoms with Crippen LogP contribution in [0.5, 0.6) is 0 Å². The molecule has 0 aliphatic rings. The zero-order valence-corrected chi connectivity index (χ0v) is 17.7. The van der Waals surface area contributed by atoms with Crippen molar-refractivity contribution in [2.75, 3.05) is 5.32 Å². The Bertz CT molecular complexity index is 1180. The first kappa shape index (κ1) is 20.2. The lowest BCUT2D eigenvalue weighted by Gasteiger charge is -2.07. The number of carbonyl (C=O) groups excluding carboxylic acids is 1. The number of aryl methyl sites for hydroxylation is 1. The summed E-state index contributed by atoms with van der Waals surface area (Å²) in [5, 5.41) is 12.7. The Morgan fingerprint density at radius 2 is 1.93 bits per heavy atom. The van der Waals surface area contributed by atoms with Gasteiger partial charge in [-0.1, -0.05) is 41.4 Å². The maximum absolute atomic E-state index is 12.7. The summed E-state index contributed by atoms with van der Waals surface area (Å²) in [7, 11) is 0. The highest BCUT2D eigenvalue weighted by atomic mass is 35.5. The van der Waals surface area contributed by atoms with Gasteiger partial charge < -0.3 is 5.32 Å². The van der Waals surface area contributed by atoms with Gasteiger partial charge in [0.2, 0.25) is 0 Å². The van der Waals surface area contributed by atoms with E-state index in [9.17, 15) is 4.79 Å². The summed E-state index contributed by atoms with van der Waals surface area (Å²) < 4.78 is 3.60. The number of nitrogens with one attached hydrogen (secondary N) is 1. The van der Waals surface area contributed by atoms with E-state index in [1.165, 1.54) is 0 Å². The first-order chi connectivity index (χ1) is 14.5. The molecule has 4 rings (SSSR count). The Morgan fingerprint density at radius 3 is 2.70 bits per heavy atom. The fraction of sp³-hybridized carbons (Fsp3) is 0.136. The summed E-state index contributed by atoms with van der Waals surface area (Å²) in [6, 6.07) is 16.5. The van der Waals surface area contributed by atoms with Gasteiger partial charge in [-0.2, -0.15) is 10.2 Å². The molecule has 4 aromatic rings. The van der Waals surface area contributed by atoms with Crippen LogP contribution in [-0.2, 0) is 13.1 Å². The molecule has 0 saturated heterocycles. The molecule has 0 aliphatic carbocycles. The third-order valence-corrected chi connectivity index (χ3v) is 5.24. The summed E-state index contributed by atoms with van der Waals surface area (Å²) >= 11 is 12.2. The number of anilines is 1. The average molecular weight is 440 g/mol. The molecule has 1 amide bonds. The fourth-order valence-corrected chi connectivity index (χ4v) is 3.59. The van der Waals surface area contributed by atoms with Crippen molar-refractivity contribution in [3.8, 4) is 0 Å². The lowest BCUT2D eigenvalue weighted by molar-refractivity contribution is 0.102. The molecule has 0 spiro atoms. The van der Waals surface area contributed by atoms with E-state index in [2.05, 4.69) is 15.5 Å². The van der Waals surface area contributed by atoms with Crippen molar-refractivity contribution < 1.29 is 4.79 Å². The normalized spacial score (nSPS) is 10.9. The van der Waals surface area contributed by atoms with Gasteiger partial charge >= 0.3 is 0 Å². The van der Waals surface area contributed by atoms with Crippen LogP contribution in [0.1, 0.15) is 27.2 Å². The number of hydrogen-bond acceptors (Lipinski definition) is 3. The molecule has 2 heterocycles. The Hall–Kier alpha value is -3.09. The number of benzene rings is 2. The molecule has 2 aromatic heterocycles. The number of aromatic nitrogens is 4. The van der Waals surface area contributed by atoms with Crippen LogP contribution >= 0.6 is 23.2 Å². The first-order valence-corrected chi connectivity index (χ1v) is 10.1. The third kappa shape index (κ3) is 4.72. The highest BCUT2D eigenvalue weighted by Gasteiger charge is 2.12. The van der Waals surface area contributed by atoms with Crippen molar-refractivity contribution in [2.24, 2.45) is 0 Å². The number of hydrogen-bond donors (Lipinski definition) is 1. The number of amides is 1. The third-order valence-electron chi connectivity index (χ3n) is 4.65. The van der Waals surface area contributed by atoms with E-state index >= 15 is 0 Å². The molecule has 0 aliphatic heterocycles. The smallest absolute Gasteiger partial charge is 0.256 e. The zero-order chi connectivity index (χ0) is 21.1. The van der Waals surface area contributed by atoms with E-state index in [0.29, 0.717) is 34.5 Å². The average Bonchev–Trinajstić information content (AvgIpc) is 3.34. The SMILES string of the molecule is Cc1cc(NC(=O)c2cccc(Cn3cccn3)c2)nn1Cc1ccc(Cl)cc1Cl. The molecule has 0 atom stereocenters. The van der Waals surface area contributed by atoms with Crippen LogP contribution in [0.25, 0.3) is 0 Å². The lowest BCUT2D eigenvalue weighted by Crippen LogP contribution is -2.13. The van der Waals surface area contributed by atoms with Crippen LogP contribution in [0.15, 0.2) is 67.0 Å². The van der Waals surface area contributed by atoms with Crippen molar-refractivity contribution in [1.82, 2.24) is 19.6 Å². The first-order valence-electron chi connectivity index (χ1n) is 9.34. The lowest BCUT2D eigenvalue weighted by atomic mass is 10.1. The van der Waals surface area contributed by atoms with Crippen molar-refractivity contribution in [2.45, 2.75) is 20.0 Å². The second kappa shape index (κ2) is 8.73. The topological polar surface area (TPSA) is 64.7 Å². The van der Waals surface area contributed by atoms with Gasteiger partial charge in [-0.25, -0.2) is 0 Å². The van der Waals surface area contributed by atoms with Crippen LogP contribution in [-0.4, -0.2) is 25.5 Å². The number of halogens is 2. The van der Waals surface area contributed by atoms with Crippen LogP contribution in [0.4, 0.5) is 5.82 Å². The Morgan fingerprint density at radius 1 is 1.07 bits per heavy atom. The van der Waals surface area contributed by atoms with E-state index in [-0.39, 0.29) is 5.91 Å². The van der Waals surface area contributed by atoms with Gasteiger partial charge in [0.25, 0.3) is 5.91 Å². The maximum atomic E-state index is 12.7. The van der Waals surface area contributed by atoms with E-state index < -0.39 is 0 Å². The van der Waals surface area contributed by atoms with Gasteiger partial charge in [-0.05, 0) is 48.4 Å². The fourth-order valence-electron chi connectivity index (χ4n) is 3.12.